The van der Waals surface area contributed by atoms with Gasteiger partial charge in [-0.2, -0.15) is 0 Å². The van der Waals surface area contributed by atoms with Crippen molar-refractivity contribution in [3.8, 4) is 0 Å². The molecule has 0 spiro atoms. The fourth-order valence-electron chi connectivity index (χ4n) is 3.92. The van der Waals surface area contributed by atoms with Gasteiger partial charge in [0.05, 0.1) is 6.67 Å². The predicted molar refractivity (Wildman–Crippen MR) is 90.7 cm³/mol. The molecule has 0 aliphatic carbocycles. The summed E-state index contributed by atoms with van der Waals surface area (Å²) in [5, 5.41) is 0. The molecule has 2 bridgehead atoms. The van der Waals surface area contributed by atoms with E-state index in [1.165, 1.54) is 41.8 Å². The van der Waals surface area contributed by atoms with Gasteiger partial charge in [-0.1, -0.05) is 59.7 Å². The molecule has 0 radical (unpaired) electrons. The summed E-state index contributed by atoms with van der Waals surface area (Å²) in [4.78, 5) is 5.29. The summed E-state index contributed by atoms with van der Waals surface area (Å²) in [7, 11) is 0. The first-order chi connectivity index (χ1) is 10.7. The van der Waals surface area contributed by atoms with Gasteiger partial charge < -0.3 is 0 Å². The first kappa shape index (κ1) is 14.0. The molecule has 2 fully saturated rings. The van der Waals surface area contributed by atoms with Crippen molar-refractivity contribution in [3.05, 3.63) is 70.8 Å². The number of benzene rings is 2. The number of nitrogens with zero attached hydrogens (tertiary/aromatic N) is 2. The SMILES string of the molecule is Cc1ccc([C@H]2CN3CC[C@@H](c4ccc(C)cc4)N2C3)cc1. The summed E-state index contributed by atoms with van der Waals surface area (Å²) >= 11 is 0. The van der Waals surface area contributed by atoms with Crippen LogP contribution in [0.25, 0.3) is 0 Å². The van der Waals surface area contributed by atoms with E-state index >= 15 is 0 Å². The molecule has 0 saturated carbocycles. The average Bonchev–Trinajstić information content (AvgIpc) is 2.87. The Bertz CT molecular complexity index is 597. The highest BCUT2D eigenvalue weighted by molar-refractivity contribution is 5.29. The zero-order chi connectivity index (χ0) is 15.1. The van der Waals surface area contributed by atoms with E-state index in [2.05, 4.69) is 72.2 Å². The molecule has 2 heteroatoms. The fourth-order valence-corrected chi connectivity index (χ4v) is 3.92. The van der Waals surface area contributed by atoms with Crippen molar-refractivity contribution in [2.75, 3.05) is 19.8 Å². The quantitative estimate of drug-likeness (QED) is 0.823. The van der Waals surface area contributed by atoms with E-state index in [9.17, 15) is 0 Å². The maximum Gasteiger partial charge on any atom is 0.0519 e. The number of rotatable bonds is 2. The minimum Gasteiger partial charge on any atom is -0.288 e. The lowest BCUT2D eigenvalue weighted by atomic mass is 9.97. The lowest BCUT2D eigenvalue weighted by Gasteiger charge is -2.36. The minimum atomic E-state index is 0.536. The van der Waals surface area contributed by atoms with Crippen molar-refractivity contribution in [2.24, 2.45) is 0 Å². The molecule has 114 valence electrons. The summed E-state index contributed by atoms with van der Waals surface area (Å²) < 4.78 is 0. The van der Waals surface area contributed by atoms with E-state index in [0.29, 0.717) is 12.1 Å². The number of aryl methyl sites for hydroxylation is 2. The summed E-state index contributed by atoms with van der Waals surface area (Å²) in [6, 6.07) is 19.4. The van der Waals surface area contributed by atoms with Gasteiger partial charge in [0.2, 0.25) is 0 Å². The summed E-state index contributed by atoms with van der Waals surface area (Å²) in [5.74, 6) is 0. The monoisotopic (exact) mass is 292 g/mol. The second-order valence-corrected chi connectivity index (χ2v) is 6.87. The Kier molecular flexibility index (Phi) is 3.51. The normalized spacial score (nSPS) is 30.5. The molecule has 2 aliphatic heterocycles. The molecule has 2 unspecified atom stereocenters. The standard InChI is InChI=1S/C20H24N2/c1-15-3-7-17(8-4-15)19-11-12-21-13-20(22(19)14-21)18-9-5-16(2)6-10-18/h3-10,19-20H,11-14H2,1-2H3/t19-,20+/m0/s1. The molecule has 4 rings (SSSR count). The Labute approximate surface area is 133 Å². The molecule has 2 aromatic rings. The smallest absolute Gasteiger partial charge is 0.0519 e. The van der Waals surface area contributed by atoms with E-state index in [4.69, 9.17) is 0 Å². The van der Waals surface area contributed by atoms with E-state index in [1.54, 1.807) is 0 Å². The van der Waals surface area contributed by atoms with Gasteiger partial charge in [0.25, 0.3) is 0 Å². The molecule has 4 atom stereocenters. The van der Waals surface area contributed by atoms with Crippen LogP contribution >= 0.6 is 0 Å². The fraction of sp³-hybridized carbons (Fsp3) is 0.400. The van der Waals surface area contributed by atoms with Gasteiger partial charge in [0.1, 0.15) is 0 Å². The van der Waals surface area contributed by atoms with Crippen molar-refractivity contribution in [2.45, 2.75) is 32.4 Å². The average molecular weight is 292 g/mol. The number of fused-ring (bicyclic) bond motifs is 2. The van der Waals surface area contributed by atoms with Gasteiger partial charge in [0, 0.05) is 25.2 Å². The van der Waals surface area contributed by atoms with Crippen LogP contribution in [-0.4, -0.2) is 29.6 Å². The molecule has 2 aliphatic rings. The zero-order valence-corrected chi connectivity index (χ0v) is 13.5. The van der Waals surface area contributed by atoms with Crippen molar-refractivity contribution in [3.63, 3.8) is 0 Å². The van der Waals surface area contributed by atoms with E-state index in [-0.39, 0.29) is 0 Å². The highest BCUT2D eigenvalue weighted by Crippen LogP contribution is 2.41. The van der Waals surface area contributed by atoms with Crippen molar-refractivity contribution in [1.29, 1.82) is 0 Å². The zero-order valence-electron chi connectivity index (χ0n) is 13.5. The Hall–Kier alpha value is -1.64. The molecule has 2 aromatic carbocycles. The maximum absolute atomic E-state index is 2.69. The van der Waals surface area contributed by atoms with Crippen LogP contribution in [0.3, 0.4) is 0 Å². The van der Waals surface area contributed by atoms with Gasteiger partial charge in [-0.05, 0) is 31.4 Å². The van der Waals surface area contributed by atoms with E-state index < -0.39 is 0 Å². The Morgan fingerprint density at radius 2 is 1.32 bits per heavy atom. The van der Waals surface area contributed by atoms with Crippen LogP contribution in [0, 0.1) is 13.8 Å². The van der Waals surface area contributed by atoms with Gasteiger partial charge in [0.15, 0.2) is 0 Å². The molecule has 0 amide bonds. The number of hydrogen-bond acceptors (Lipinski definition) is 2. The van der Waals surface area contributed by atoms with Crippen molar-refractivity contribution >= 4 is 0 Å². The van der Waals surface area contributed by atoms with E-state index in [1.807, 2.05) is 0 Å². The van der Waals surface area contributed by atoms with Crippen molar-refractivity contribution in [1.82, 2.24) is 9.80 Å². The maximum atomic E-state index is 2.69. The van der Waals surface area contributed by atoms with Crippen LogP contribution in [0.4, 0.5) is 0 Å². The Morgan fingerprint density at radius 3 is 1.91 bits per heavy atom. The molecule has 2 nitrogen and oxygen atoms in total. The first-order valence-electron chi connectivity index (χ1n) is 8.32. The van der Waals surface area contributed by atoms with Crippen LogP contribution in [0.1, 0.15) is 40.8 Å². The molecule has 0 aromatic heterocycles. The second kappa shape index (κ2) is 5.53. The van der Waals surface area contributed by atoms with Crippen LogP contribution < -0.4 is 0 Å². The Balaban J connectivity index is 1.64. The topological polar surface area (TPSA) is 6.48 Å². The highest BCUT2D eigenvalue weighted by Gasteiger charge is 2.40. The minimum absolute atomic E-state index is 0.536. The van der Waals surface area contributed by atoms with E-state index in [0.717, 1.165) is 6.67 Å². The Morgan fingerprint density at radius 1 is 0.773 bits per heavy atom. The molecular formula is C20H24N2. The predicted octanol–water partition coefficient (Wildman–Crippen LogP) is 4.06. The van der Waals surface area contributed by atoms with Gasteiger partial charge in [-0.25, -0.2) is 0 Å². The van der Waals surface area contributed by atoms with Gasteiger partial charge in [-0.3, -0.25) is 9.80 Å². The summed E-state index contributed by atoms with van der Waals surface area (Å²) in [5.41, 5.74) is 5.63. The third-order valence-electron chi connectivity index (χ3n) is 5.24. The first-order valence-corrected chi connectivity index (χ1v) is 8.32. The molecule has 2 heterocycles. The van der Waals surface area contributed by atoms with Crippen LogP contribution in [-0.2, 0) is 0 Å². The lowest BCUT2D eigenvalue weighted by Crippen LogP contribution is -2.37. The van der Waals surface area contributed by atoms with Gasteiger partial charge >= 0.3 is 0 Å². The van der Waals surface area contributed by atoms with Crippen LogP contribution in [0.2, 0.25) is 0 Å². The van der Waals surface area contributed by atoms with Crippen molar-refractivity contribution < 1.29 is 0 Å². The largest absolute Gasteiger partial charge is 0.288 e. The molecule has 2 saturated heterocycles. The van der Waals surface area contributed by atoms with Gasteiger partial charge in [-0.15, -0.1) is 0 Å². The third kappa shape index (κ3) is 2.47. The molecule has 0 N–H and O–H groups in total. The second-order valence-electron chi connectivity index (χ2n) is 6.87. The summed E-state index contributed by atoms with van der Waals surface area (Å²) in [6.07, 6.45) is 1.24. The number of hydrogen-bond donors (Lipinski definition) is 0. The summed E-state index contributed by atoms with van der Waals surface area (Å²) in [6.45, 7) is 7.83. The van der Waals surface area contributed by atoms with Crippen LogP contribution in [0.5, 0.6) is 0 Å². The third-order valence-corrected chi connectivity index (χ3v) is 5.24. The van der Waals surface area contributed by atoms with Crippen LogP contribution in [0.15, 0.2) is 48.5 Å². The highest BCUT2D eigenvalue weighted by atomic mass is 15.4. The lowest BCUT2D eigenvalue weighted by molar-refractivity contribution is 0.107. The molecule has 22 heavy (non-hydrogen) atoms. The molecular weight excluding hydrogens is 268 g/mol.